The zero-order valence-corrected chi connectivity index (χ0v) is 14.2. The van der Waals surface area contributed by atoms with Gasteiger partial charge in [0.05, 0.1) is 12.1 Å². The van der Waals surface area contributed by atoms with Crippen LogP contribution < -0.4 is 0 Å². The fourth-order valence-electron chi connectivity index (χ4n) is 3.84. The Morgan fingerprint density at radius 2 is 1.83 bits per heavy atom. The minimum absolute atomic E-state index is 0.101. The monoisotopic (exact) mass is 317 g/mol. The van der Waals surface area contributed by atoms with Gasteiger partial charge in [-0.15, -0.1) is 0 Å². The SMILES string of the molecule is CC1(C)COC(=O)C2(CCCCC2)N1OCCc1ccccc1. The van der Waals surface area contributed by atoms with Crippen LogP contribution in [-0.2, 0) is 20.8 Å². The van der Waals surface area contributed by atoms with Gasteiger partial charge in [0, 0.05) is 0 Å². The molecule has 1 saturated carbocycles. The molecule has 23 heavy (non-hydrogen) atoms. The zero-order chi connectivity index (χ0) is 16.3. The summed E-state index contributed by atoms with van der Waals surface area (Å²) in [5.41, 5.74) is 0.376. The second kappa shape index (κ2) is 6.62. The molecule has 4 heteroatoms. The Hall–Kier alpha value is -1.39. The summed E-state index contributed by atoms with van der Waals surface area (Å²) in [6.45, 7) is 5.16. The predicted octanol–water partition coefficient (Wildman–Crippen LogP) is 3.50. The molecule has 1 aromatic rings. The first-order valence-corrected chi connectivity index (χ1v) is 8.69. The van der Waals surface area contributed by atoms with Gasteiger partial charge in [-0.05, 0) is 38.7 Å². The Labute approximate surface area is 138 Å². The summed E-state index contributed by atoms with van der Waals surface area (Å²) in [6, 6.07) is 10.3. The molecular formula is C19H27NO3. The second-order valence-electron chi connectivity index (χ2n) is 7.34. The average Bonchev–Trinajstić information content (AvgIpc) is 2.57. The largest absolute Gasteiger partial charge is 0.462 e. The van der Waals surface area contributed by atoms with Gasteiger partial charge in [0.25, 0.3) is 0 Å². The summed E-state index contributed by atoms with van der Waals surface area (Å²) < 4.78 is 5.52. The highest BCUT2D eigenvalue weighted by Crippen LogP contribution is 2.42. The van der Waals surface area contributed by atoms with E-state index in [4.69, 9.17) is 9.57 Å². The Bertz CT molecular complexity index is 535. The van der Waals surface area contributed by atoms with Gasteiger partial charge in [-0.3, -0.25) is 4.84 Å². The zero-order valence-electron chi connectivity index (χ0n) is 14.2. The van der Waals surface area contributed by atoms with E-state index in [-0.39, 0.29) is 11.5 Å². The van der Waals surface area contributed by atoms with Gasteiger partial charge in [0.2, 0.25) is 0 Å². The number of rotatable bonds is 4. The number of esters is 1. The van der Waals surface area contributed by atoms with Crippen LogP contribution in [0, 0.1) is 0 Å². The molecule has 2 aliphatic rings. The van der Waals surface area contributed by atoms with Crippen LogP contribution in [0.3, 0.4) is 0 Å². The molecule has 0 aromatic heterocycles. The van der Waals surface area contributed by atoms with Crippen molar-refractivity contribution in [3.63, 3.8) is 0 Å². The molecule has 3 rings (SSSR count). The number of benzene rings is 1. The minimum atomic E-state index is -0.587. The van der Waals surface area contributed by atoms with E-state index in [1.807, 2.05) is 23.3 Å². The molecular weight excluding hydrogens is 290 g/mol. The maximum absolute atomic E-state index is 12.6. The molecule has 0 unspecified atom stereocenters. The van der Waals surface area contributed by atoms with Crippen LogP contribution in [0.1, 0.15) is 51.5 Å². The predicted molar refractivity (Wildman–Crippen MR) is 88.8 cm³/mol. The standard InChI is InChI=1S/C19H27NO3/c1-18(2)15-22-17(21)19(12-7-4-8-13-19)20(18)23-14-11-16-9-5-3-6-10-16/h3,5-6,9-10H,4,7-8,11-15H2,1-2H3. The number of hydroxylamine groups is 2. The Morgan fingerprint density at radius 3 is 2.52 bits per heavy atom. The molecule has 1 aliphatic heterocycles. The molecule has 0 amide bonds. The van der Waals surface area contributed by atoms with E-state index in [2.05, 4.69) is 26.0 Å². The first kappa shape index (κ1) is 16.5. The lowest BCUT2D eigenvalue weighted by Gasteiger charge is -2.53. The molecule has 2 fully saturated rings. The highest BCUT2D eigenvalue weighted by molar-refractivity contribution is 5.81. The van der Waals surface area contributed by atoms with E-state index < -0.39 is 5.54 Å². The van der Waals surface area contributed by atoms with Crippen molar-refractivity contribution >= 4 is 5.97 Å². The van der Waals surface area contributed by atoms with Crippen LogP contribution in [0.2, 0.25) is 0 Å². The third-order valence-electron chi connectivity index (χ3n) is 5.01. The van der Waals surface area contributed by atoms with E-state index in [0.29, 0.717) is 13.2 Å². The molecule has 1 aromatic carbocycles. The molecule has 0 N–H and O–H groups in total. The van der Waals surface area contributed by atoms with Gasteiger partial charge in [-0.2, -0.15) is 5.06 Å². The van der Waals surface area contributed by atoms with Crippen molar-refractivity contribution < 1.29 is 14.4 Å². The molecule has 0 bridgehead atoms. The number of carbonyl (C=O) groups excluding carboxylic acids is 1. The molecule has 0 atom stereocenters. The number of ether oxygens (including phenoxy) is 1. The minimum Gasteiger partial charge on any atom is -0.462 e. The van der Waals surface area contributed by atoms with Crippen LogP contribution in [-0.4, -0.2) is 35.3 Å². The summed E-state index contributed by atoms with van der Waals surface area (Å²) in [4.78, 5) is 18.8. The topological polar surface area (TPSA) is 38.8 Å². The van der Waals surface area contributed by atoms with Gasteiger partial charge >= 0.3 is 5.97 Å². The smallest absolute Gasteiger partial charge is 0.329 e. The van der Waals surface area contributed by atoms with Gasteiger partial charge in [0.15, 0.2) is 0 Å². The number of nitrogens with zero attached hydrogens (tertiary/aromatic N) is 1. The molecule has 1 saturated heterocycles. The summed E-state index contributed by atoms with van der Waals surface area (Å²) in [5, 5.41) is 1.98. The lowest BCUT2D eigenvalue weighted by Crippen LogP contribution is -2.68. The van der Waals surface area contributed by atoms with Gasteiger partial charge in [-0.1, -0.05) is 49.6 Å². The average molecular weight is 317 g/mol. The molecule has 1 aliphatic carbocycles. The van der Waals surface area contributed by atoms with Crippen molar-refractivity contribution in [1.29, 1.82) is 0 Å². The van der Waals surface area contributed by atoms with Crippen LogP contribution in [0.5, 0.6) is 0 Å². The van der Waals surface area contributed by atoms with E-state index >= 15 is 0 Å². The second-order valence-corrected chi connectivity index (χ2v) is 7.34. The molecule has 4 nitrogen and oxygen atoms in total. The molecule has 1 spiro atoms. The number of cyclic esters (lactones) is 1. The Balaban J connectivity index is 1.73. The maximum atomic E-state index is 12.6. The maximum Gasteiger partial charge on any atom is 0.329 e. The fourth-order valence-corrected chi connectivity index (χ4v) is 3.84. The van der Waals surface area contributed by atoms with Gasteiger partial charge in [0.1, 0.15) is 12.1 Å². The number of hydrogen-bond donors (Lipinski definition) is 0. The van der Waals surface area contributed by atoms with Crippen molar-refractivity contribution in [2.75, 3.05) is 13.2 Å². The van der Waals surface area contributed by atoms with Crippen LogP contribution in [0.15, 0.2) is 30.3 Å². The van der Waals surface area contributed by atoms with Crippen molar-refractivity contribution in [2.45, 2.75) is 63.5 Å². The van der Waals surface area contributed by atoms with E-state index in [1.54, 1.807) is 0 Å². The molecule has 1 heterocycles. The fraction of sp³-hybridized carbons (Fsp3) is 0.632. The summed E-state index contributed by atoms with van der Waals surface area (Å²) in [5.74, 6) is -0.101. The highest BCUT2D eigenvalue weighted by atomic mass is 16.7. The normalized spacial score (nSPS) is 23.7. The quantitative estimate of drug-likeness (QED) is 0.797. The van der Waals surface area contributed by atoms with Crippen LogP contribution in [0.4, 0.5) is 0 Å². The third-order valence-corrected chi connectivity index (χ3v) is 5.01. The number of hydrogen-bond acceptors (Lipinski definition) is 4. The first-order valence-electron chi connectivity index (χ1n) is 8.69. The van der Waals surface area contributed by atoms with E-state index in [1.165, 1.54) is 12.0 Å². The number of carbonyl (C=O) groups is 1. The Kier molecular flexibility index (Phi) is 4.74. The molecule has 0 radical (unpaired) electrons. The van der Waals surface area contributed by atoms with Crippen LogP contribution >= 0.6 is 0 Å². The summed E-state index contributed by atoms with van der Waals surface area (Å²) in [7, 11) is 0. The van der Waals surface area contributed by atoms with E-state index in [9.17, 15) is 4.79 Å². The van der Waals surface area contributed by atoms with Crippen molar-refractivity contribution in [1.82, 2.24) is 5.06 Å². The lowest BCUT2D eigenvalue weighted by atomic mass is 9.78. The molecule has 126 valence electrons. The highest BCUT2D eigenvalue weighted by Gasteiger charge is 2.56. The third kappa shape index (κ3) is 3.29. The lowest BCUT2D eigenvalue weighted by molar-refractivity contribution is -0.305. The first-order chi connectivity index (χ1) is 11.0. The van der Waals surface area contributed by atoms with Gasteiger partial charge in [-0.25, -0.2) is 4.79 Å². The number of morpholine rings is 1. The summed E-state index contributed by atoms with van der Waals surface area (Å²) >= 11 is 0. The van der Waals surface area contributed by atoms with Crippen molar-refractivity contribution in [3.05, 3.63) is 35.9 Å². The van der Waals surface area contributed by atoms with Gasteiger partial charge < -0.3 is 4.74 Å². The van der Waals surface area contributed by atoms with Crippen molar-refractivity contribution in [3.8, 4) is 0 Å². The Morgan fingerprint density at radius 1 is 1.13 bits per heavy atom. The van der Waals surface area contributed by atoms with Crippen LogP contribution in [0.25, 0.3) is 0 Å². The van der Waals surface area contributed by atoms with E-state index in [0.717, 1.165) is 32.1 Å². The van der Waals surface area contributed by atoms with Crippen molar-refractivity contribution in [2.24, 2.45) is 0 Å². The summed E-state index contributed by atoms with van der Waals surface area (Å²) in [6.07, 6.45) is 5.82.